The standard InChI is InChI=1S/C64H108O6/c1-4-7-10-13-16-19-22-25-28-29-30-31-32-33-34-35-37-39-42-45-48-51-54-57-63(66)69-60-61(59-68-62(65)56-53-50-47-44-41-38-27-24-21-18-15-12-9-6-3)70-64(67)58-55-52-49-46-43-40-36-26-23-20-17-14-11-8-5-2/h7,10,15-16,18-19,24-28,30-31,33-34,36,61H,4-6,8-9,11-14,17,20-23,29,32,35,37-60H2,1-3H3/b10-7-,18-15-,19-16-,27-24-,28-25-,31-30-,34-33-,36-26-. The molecule has 0 heterocycles. The average Bonchev–Trinajstić information content (AvgIpc) is 3.36. The molecule has 0 saturated heterocycles. The third-order valence-corrected chi connectivity index (χ3v) is 12.3. The van der Waals surface area contributed by atoms with E-state index in [0.29, 0.717) is 19.3 Å². The van der Waals surface area contributed by atoms with Crippen LogP contribution in [0.4, 0.5) is 0 Å². The van der Waals surface area contributed by atoms with E-state index >= 15 is 0 Å². The van der Waals surface area contributed by atoms with Gasteiger partial charge < -0.3 is 14.2 Å². The predicted molar refractivity (Wildman–Crippen MR) is 302 cm³/mol. The fraction of sp³-hybridized carbons (Fsp3) is 0.703. The van der Waals surface area contributed by atoms with E-state index in [1.54, 1.807) is 0 Å². The fourth-order valence-electron chi connectivity index (χ4n) is 7.89. The largest absolute Gasteiger partial charge is 0.462 e. The van der Waals surface area contributed by atoms with Gasteiger partial charge in [0.15, 0.2) is 6.10 Å². The molecule has 1 unspecified atom stereocenters. The van der Waals surface area contributed by atoms with Crippen LogP contribution in [0.5, 0.6) is 0 Å². The predicted octanol–water partition coefficient (Wildman–Crippen LogP) is 19.7. The molecule has 0 saturated carbocycles. The van der Waals surface area contributed by atoms with E-state index in [-0.39, 0.29) is 31.1 Å². The highest BCUT2D eigenvalue weighted by Gasteiger charge is 2.19. The number of ether oxygens (including phenoxy) is 3. The second-order valence-corrected chi connectivity index (χ2v) is 19.2. The summed E-state index contributed by atoms with van der Waals surface area (Å²) in [5.41, 5.74) is 0. The summed E-state index contributed by atoms with van der Waals surface area (Å²) in [6.45, 7) is 6.46. The zero-order valence-corrected chi connectivity index (χ0v) is 45.8. The molecular formula is C64H108O6. The highest BCUT2D eigenvalue weighted by atomic mass is 16.6. The summed E-state index contributed by atoms with van der Waals surface area (Å²) in [6.07, 6.45) is 76.8. The molecule has 0 radical (unpaired) electrons. The molecule has 0 aliphatic rings. The van der Waals surface area contributed by atoms with Gasteiger partial charge in [-0.25, -0.2) is 0 Å². The van der Waals surface area contributed by atoms with E-state index in [1.807, 2.05) is 0 Å². The van der Waals surface area contributed by atoms with Crippen LogP contribution in [0.1, 0.15) is 271 Å². The van der Waals surface area contributed by atoms with Gasteiger partial charge in [0.05, 0.1) is 0 Å². The Morgan fingerprint density at radius 1 is 0.300 bits per heavy atom. The van der Waals surface area contributed by atoms with Crippen molar-refractivity contribution in [1.82, 2.24) is 0 Å². The van der Waals surface area contributed by atoms with Crippen molar-refractivity contribution >= 4 is 17.9 Å². The lowest BCUT2D eigenvalue weighted by Crippen LogP contribution is -2.30. The number of allylic oxidation sites excluding steroid dienone is 16. The Balaban J connectivity index is 4.40. The Hall–Kier alpha value is -3.67. The maximum atomic E-state index is 12.9. The zero-order valence-electron chi connectivity index (χ0n) is 45.8. The highest BCUT2D eigenvalue weighted by molar-refractivity contribution is 5.71. The maximum absolute atomic E-state index is 12.9. The molecule has 0 aliphatic heterocycles. The van der Waals surface area contributed by atoms with E-state index in [4.69, 9.17) is 14.2 Å². The molecule has 6 heteroatoms. The molecule has 0 amide bonds. The summed E-state index contributed by atoms with van der Waals surface area (Å²) in [7, 11) is 0. The van der Waals surface area contributed by atoms with E-state index in [1.165, 1.54) is 96.3 Å². The summed E-state index contributed by atoms with van der Waals surface area (Å²) >= 11 is 0. The van der Waals surface area contributed by atoms with Crippen LogP contribution in [-0.4, -0.2) is 37.2 Å². The quantitative estimate of drug-likeness (QED) is 0.0262. The van der Waals surface area contributed by atoms with E-state index in [9.17, 15) is 14.4 Å². The van der Waals surface area contributed by atoms with Crippen molar-refractivity contribution in [2.75, 3.05) is 13.2 Å². The third kappa shape index (κ3) is 55.3. The van der Waals surface area contributed by atoms with Crippen molar-refractivity contribution in [1.29, 1.82) is 0 Å². The maximum Gasteiger partial charge on any atom is 0.306 e. The van der Waals surface area contributed by atoms with E-state index in [2.05, 4.69) is 118 Å². The minimum absolute atomic E-state index is 0.0916. The molecule has 0 aromatic rings. The molecule has 6 nitrogen and oxygen atoms in total. The number of hydrogen-bond acceptors (Lipinski definition) is 6. The normalized spacial score (nSPS) is 12.8. The SMILES string of the molecule is CC/C=C\C/C=C\C/C=C\C/C=C\C/C=C\CCCCCCCCCC(=O)OCC(COC(=O)CCCCCCC/C=C\C/C=C\CCCC)OC(=O)CCCCCCC/C=C\CCCCCCCC. The van der Waals surface area contributed by atoms with Gasteiger partial charge in [-0.05, 0) is 116 Å². The molecule has 0 rings (SSSR count). The second-order valence-electron chi connectivity index (χ2n) is 19.2. The summed E-state index contributed by atoms with van der Waals surface area (Å²) in [5, 5.41) is 0. The van der Waals surface area contributed by atoms with E-state index < -0.39 is 6.10 Å². The lowest BCUT2D eigenvalue weighted by molar-refractivity contribution is -0.167. The molecule has 0 spiro atoms. The van der Waals surface area contributed by atoms with Gasteiger partial charge in [-0.2, -0.15) is 0 Å². The number of rotatable bonds is 52. The first-order valence-corrected chi connectivity index (χ1v) is 29.2. The number of esters is 3. The smallest absolute Gasteiger partial charge is 0.306 e. The molecule has 70 heavy (non-hydrogen) atoms. The number of unbranched alkanes of at least 4 members (excludes halogenated alkanes) is 25. The van der Waals surface area contributed by atoms with Crippen molar-refractivity contribution in [3.8, 4) is 0 Å². The summed E-state index contributed by atoms with van der Waals surface area (Å²) in [6, 6.07) is 0. The fourth-order valence-corrected chi connectivity index (χ4v) is 7.89. The highest BCUT2D eigenvalue weighted by Crippen LogP contribution is 2.14. The molecule has 0 N–H and O–H groups in total. The topological polar surface area (TPSA) is 78.9 Å². The second kappa shape index (κ2) is 57.9. The Morgan fingerprint density at radius 2 is 0.571 bits per heavy atom. The van der Waals surface area contributed by atoms with Gasteiger partial charge in [0.1, 0.15) is 13.2 Å². The first-order chi connectivity index (χ1) is 34.5. The number of carbonyl (C=O) groups is 3. The lowest BCUT2D eigenvalue weighted by Gasteiger charge is -2.18. The van der Waals surface area contributed by atoms with Crippen LogP contribution in [0.25, 0.3) is 0 Å². The number of hydrogen-bond donors (Lipinski definition) is 0. The van der Waals surface area contributed by atoms with Crippen LogP contribution in [0.3, 0.4) is 0 Å². The summed E-state index contributed by atoms with van der Waals surface area (Å²) in [4.78, 5) is 38.2. The van der Waals surface area contributed by atoms with Gasteiger partial charge >= 0.3 is 17.9 Å². The molecule has 0 aromatic carbocycles. The minimum atomic E-state index is -0.793. The van der Waals surface area contributed by atoms with Gasteiger partial charge in [0, 0.05) is 19.3 Å². The van der Waals surface area contributed by atoms with Crippen molar-refractivity contribution in [2.24, 2.45) is 0 Å². The molecule has 400 valence electrons. The Labute approximate surface area is 432 Å². The van der Waals surface area contributed by atoms with Crippen LogP contribution in [0.15, 0.2) is 97.2 Å². The minimum Gasteiger partial charge on any atom is -0.462 e. The Bertz CT molecular complexity index is 1400. The molecule has 0 fully saturated rings. The van der Waals surface area contributed by atoms with Crippen LogP contribution < -0.4 is 0 Å². The first-order valence-electron chi connectivity index (χ1n) is 29.2. The third-order valence-electron chi connectivity index (χ3n) is 12.3. The first kappa shape index (κ1) is 66.3. The zero-order chi connectivity index (χ0) is 50.7. The summed E-state index contributed by atoms with van der Waals surface area (Å²) in [5.74, 6) is -0.920. The van der Waals surface area contributed by atoms with Gasteiger partial charge in [0.25, 0.3) is 0 Å². The molecule has 0 aromatic heterocycles. The van der Waals surface area contributed by atoms with Crippen molar-refractivity contribution < 1.29 is 28.6 Å². The van der Waals surface area contributed by atoms with Crippen LogP contribution in [0, 0.1) is 0 Å². The van der Waals surface area contributed by atoms with Gasteiger partial charge in [0.2, 0.25) is 0 Å². The van der Waals surface area contributed by atoms with Crippen LogP contribution in [0.2, 0.25) is 0 Å². The summed E-state index contributed by atoms with van der Waals surface area (Å²) < 4.78 is 16.9. The Morgan fingerprint density at radius 3 is 0.929 bits per heavy atom. The molecule has 0 aliphatic carbocycles. The number of carbonyl (C=O) groups excluding carboxylic acids is 3. The van der Waals surface area contributed by atoms with Crippen LogP contribution in [-0.2, 0) is 28.6 Å². The molecule has 0 bridgehead atoms. The van der Waals surface area contributed by atoms with Crippen molar-refractivity contribution in [2.45, 2.75) is 277 Å². The molecular weight excluding hydrogens is 865 g/mol. The van der Waals surface area contributed by atoms with Gasteiger partial charge in [-0.15, -0.1) is 0 Å². The van der Waals surface area contributed by atoms with Gasteiger partial charge in [-0.3, -0.25) is 14.4 Å². The van der Waals surface area contributed by atoms with Crippen molar-refractivity contribution in [3.05, 3.63) is 97.2 Å². The Kier molecular flexibility index (Phi) is 54.9. The lowest BCUT2D eigenvalue weighted by atomic mass is 10.1. The van der Waals surface area contributed by atoms with Crippen LogP contribution >= 0.6 is 0 Å². The average molecular weight is 974 g/mol. The molecule has 1 atom stereocenters. The monoisotopic (exact) mass is 973 g/mol. The van der Waals surface area contributed by atoms with Crippen molar-refractivity contribution in [3.63, 3.8) is 0 Å². The van der Waals surface area contributed by atoms with E-state index in [0.717, 1.165) is 135 Å². The van der Waals surface area contributed by atoms with Gasteiger partial charge in [-0.1, -0.05) is 234 Å².